The molecule has 31 heavy (non-hydrogen) atoms. The second kappa shape index (κ2) is 9.08. The van der Waals surface area contributed by atoms with E-state index in [9.17, 15) is 4.39 Å². The third-order valence-electron chi connectivity index (χ3n) is 5.86. The zero-order valence-corrected chi connectivity index (χ0v) is 18.1. The lowest BCUT2D eigenvalue weighted by Crippen LogP contribution is -2.35. The smallest absolute Gasteiger partial charge is 0.127 e. The molecule has 6 nitrogen and oxygen atoms in total. The summed E-state index contributed by atoms with van der Waals surface area (Å²) in [6.45, 7) is 3.36. The van der Waals surface area contributed by atoms with E-state index in [4.69, 9.17) is 18.9 Å². The van der Waals surface area contributed by atoms with Crippen LogP contribution in [0.25, 0.3) is 5.69 Å². The Hall–Kier alpha value is -2.90. The van der Waals surface area contributed by atoms with Gasteiger partial charge in [0.2, 0.25) is 0 Å². The molecule has 1 aromatic heterocycles. The first-order valence-electron chi connectivity index (χ1n) is 10.3. The van der Waals surface area contributed by atoms with Gasteiger partial charge in [-0.3, -0.25) is 0 Å². The van der Waals surface area contributed by atoms with Crippen LogP contribution in [-0.2, 0) is 21.7 Å². The fourth-order valence-corrected chi connectivity index (χ4v) is 4.04. The Balaban J connectivity index is 1.55. The molecule has 1 fully saturated rings. The lowest BCUT2D eigenvalue weighted by atomic mass is 9.86. The van der Waals surface area contributed by atoms with Gasteiger partial charge in [-0.05, 0) is 36.8 Å². The number of halogens is 1. The van der Waals surface area contributed by atoms with Crippen molar-refractivity contribution in [1.82, 2.24) is 9.55 Å². The highest BCUT2D eigenvalue weighted by molar-refractivity contribution is 5.45. The van der Waals surface area contributed by atoms with Crippen LogP contribution in [0.5, 0.6) is 11.5 Å². The first kappa shape index (κ1) is 21.3. The molecule has 0 saturated carbocycles. The molecule has 1 aliphatic heterocycles. The summed E-state index contributed by atoms with van der Waals surface area (Å²) in [4.78, 5) is 4.26. The molecule has 2 aromatic carbocycles. The molecule has 3 aromatic rings. The molecule has 0 amide bonds. The van der Waals surface area contributed by atoms with Crippen molar-refractivity contribution >= 4 is 0 Å². The number of hydrogen-bond donors (Lipinski definition) is 0. The fourth-order valence-electron chi connectivity index (χ4n) is 4.04. The van der Waals surface area contributed by atoms with Crippen LogP contribution in [0.3, 0.4) is 0 Å². The molecule has 4 rings (SSSR count). The summed E-state index contributed by atoms with van der Waals surface area (Å²) in [5.41, 5.74) is 2.03. The lowest BCUT2D eigenvalue weighted by molar-refractivity contribution is -0.0950. The van der Waals surface area contributed by atoms with Crippen molar-refractivity contribution in [2.24, 2.45) is 0 Å². The number of benzene rings is 2. The number of hydrogen-bond acceptors (Lipinski definition) is 5. The average molecular weight is 426 g/mol. The number of methoxy groups -OCH3 is 2. The Morgan fingerprint density at radius 2 is 1.94 bits per heavy atom. The quantitative estimate of drug-likeness (QED) is 0.554. The first-order chi connectivity index (χ1) is 15.0. The van der Waals surface area contributed by atoms with Gasteiger partial charge in [0.15, 0.2) is 0 Å². The molecule has 1 saturated heterocycles. The van der Waals surface area contributed by atoms with Crippen LogP contribution in [0.1, 0.15) is 29.8 Å². The molecule has 2 heterocycles. The summed E-state index contributed by atoms with van der Waals surface area (Å²) in [6.07, 6.45) is 5.01. The van der Waals surface area contributed by atoms with Gasteiger partial charge in [-0.2, -0.15) is 0 Å². The Labute approximate surface area is 181 Å². The van der Waals surface area contributed by atoms with E-state index in [0.29, 0.717) is 37.6 Å². The third-order valence-corrected chi connectivity index (χ3v) is 5.86. The minimum Gasteiger partial charge on any atom is -0.496 e. The molecule has 0 spiro atoms. The maximum absolute atomic E-state index is 14.4. The SMILES string of the molecule is COc1cc(-n2ccnc2C)ccc1COc1cc(F)cc(C2(OC)CCOCC2)c1. The van der Waals surface area contributed by atoms with E-state index in [0.717, 1.165) is 22.6 Å². The van der Waals surface area contributed by atoms with E-state index < -0.39 is 5.60 Å². The van der Waals surface area contributed by atoms with E-state index in [2.05, 4.69) is 4.98 Å². The second-order valence-electron chi connectivity index (χ2n) is 7.62. The summed E-state index contributed by atoms with van der Waals surface area (Å²) < 4.78 is 39.2. The van der Waals surface area contributed by atoms with E-state index in [1.54, 1.807) is 20.4 Å². The predicted molar refractivity (Wildman–Crippen MR) is 114 cm³/mol. The second-order valence-corrected chi connectivity index (χ2v) is 7.62. The highest BCUT2D eigenvalue weighted by Crippen LogP contribution is 2.37. The average Bonchev–Trinajstić information content (AvgIpc) is 3.23. The van der Waals surface area contributed by atoms with Gasteiger partial charge in [-0.15, -0.1) is 0 Å². The standard InChI is InChI=1S/C24H27FN2O4/c1-17-26-8-9-27(17)21-5-4-18(23(15-21)28-2)16-31-22-13-19(12-20(25)14-22)24(29-3)6-10-30-11-7-24/h4-5,8-9,12-15H,6-7,10-11,16H2,1-3H3. The zero-order valence-electron chi connectivity index (χ0n) is 18.1. The van der Waals surface area contributed by atoms with Gasteiger partial charge in [-0.1, -0.05) is 0 Å². The van der Waals surface area contributed by atoms with Crippen molar-refractivity contribution in [3.63, 3.8) is 0 Å². The molecule has 0 radical (unpaired) electrons. The predicted octanol–water partition coefficient (Wildman–Crippen LogP) is 4.56. The minimum atomic E-state index is -0.555. The van der Waals surface area contributed by atoms with Gasteiger partial charge in [0, 0.05) is 63.3 Å². The lowest BCUT2D eigenvalue weighted by Gasteiger charge is -2.36. The highest BCUT2D eigenvalue weighted by atomic mass is 19.1. The Morgan fingerprint density at radius 1 is 1.13 bits per heavy atom. The molecular weight excluding hydrogens is 399 g/mol. The molecule has 7 heteroatoms. The molecular formula is C24H27FN2O4. The van der Waals surface area contributed by atoms with Gasteiger partial charge in [-0.25, -0.2) is 9.37 Å². The number of ether oxygens (including phenoxy) is 4. The number of rotatable bonds is 7. The summed E-state index contributed by atoms with van der Waals surface area (Å²) in [7, 11) is 3.28. The Bertz CT molecular complexity index is 1040. The topological polar surface area (TPSA) is 54.7 Å². The third kappa shape index (κ3) is 4.43. The fraction of sp³-hybridized carbons (Fsp3) is 0.375. The monoisotopic (exact) mass is 426 g/mol. The van der Waals surface area contributed by atoms with Gasteiger partial charge in [0.05, 0.1) is 18.4 Å². The van der Waals surface area contributed by atoms with Crippen molar-refractivity contribution in [2.75, 3.05) is 27.4 Å². The largest absolute Gasteiger partial charge is 0.496 e. The van der Waals surface area contributed by atoms with Crippen LogP contribution in [0.4, 0.5) is 4.39 Å². The van der Waals surface area contributed by atoms with Crippen molar-refractivity contribution in [1.29, 1.82) is 0 Å². The van der Waals surface area contributed by atoms with Gasteiger partial charge < -0.3 is 23.5 Å². The highest BCUT2D eigenvalue weighted by Gasteiger charge is 2.35. The van der Waals surface area contributed by atoms with E-state index in [1.165, 1.54) is 12.1 Å². The summed E-state index contributed by atoms with van der Waals surface area (Å²) >= 11 is 0. The maximum atomic E-state index is 14.4. The number of imidazole rings is 1. The molecule has 0 atom stereocenters. The van der Waals surface area contributed by atoms with Crippen molar-refractivity contribution < 1.29 is 23.3 Å². The van der Waals surface area contributed by atoms with Crippen LogP contribution in [0, 0.1) is 12.7 Å². The Morgan fingerprint density at radius 3 is 2.61 bits per heavy atom. The van der Waals surface area contributed by atoms with Crippen LogP contribution in [0.15, 0.2) is 48.8 Å². The van der Waals surface area contributed by atoms with Crippen LogP contribution >= 0.6 is 0 Å². The zero-order chi connectivity index (χ0) is 21.8. The molecule has 0 aliphatic carbocycles. The maximum Gasteiger partial charge on any atom is 0.127 e. The van der Waals surface area contributed by atoms with E-state index in [-0.39, 0.29) is 12.4 Å². The van der Waals surface area contributed by atoms with Crippen LogP contribution in [-0.4, -0.2) is 37.0 Å². The molecule has 0 N–H and O–H groups in total. The Kier molecular flexibility index (Phi) is 6.25. The number of aryl methyl sites for hydroxylation is 1. The molecule has 0 unspecified atom stereocenters. The summed E-state index contributed by atoms with van der Waals surface area (Å²) in [5.74, 6) is 1.68. The van der Waals surface area contributed by atoms with Gasteiger partial charge in [0.25, 0.3) is 0 Å². The van der Waals surface area contributed by atoms with E-state index >= 15 is 0 Å². The van der Waals surface area contributed by atoms with Gasteiger partial charge >= 0.3 is 0 Å². The van der Waals surface area contributed by atoms with Gasteiger partial charge in [0.1, 0.15) is 29.7 Å². The van der Waals surface area contributed by atoms with Crippen LogP contribution in [0.2, 0.25) is 0 Å². The van der Waals surface area contributed by atoms with Crippen molar-refractivity contribution in [3.05, 3.63) is 71.6 Å². The molecule has 1 aliphatic rings. The van der Waals surface area contributed by atoms with E-state index in [1.807, 2.05) is 42.0 Å². The number of nitrogens with zero attached hydrogens (tertiary/aromatic N) is 2. The molecule has 164 valence electrons. The minimum absolute atomic E-state index is 0.248. The first-order valence-corrected chi connectivity index (χ1v) is 10.3. The van der Waals surface area contributed by atoms with Crippen molar-refractivity contribution in [3.8, 4) is 17.2 Å². The molecule has 0 bridgehead atoms. The summed E-state index contributed by atoms with van der Waals surface area (Å²) in [5, 5.41) is 0. The number of aromatic nitrogens is 2. The normalized spacial score (nSPS) is 15.6. The summed E-state index contributed by atoms with van der Waals surface area (Å²) in [6, 6.07) is 10.6. The van der Waals surface area contributed by atoms with Crippen molar-refractivity contribution in [2.45, 2.75) is 32.0 Å². The van der Waals surface area contributed by atoms with Crippen LogP contribution < -0.4 is 9.47 Å².